The summed E-state index contributed by atoms with van der Waals surface area (Å²) in [6.45, 7) is 0. The Hall–Kier alpha value is -2.10. The average molecular weight is 315 g/mol. The van der Waals surface area contributed by atoms with E-state index in [0.717, 1.165) is 16.9 Å². The maximum atomic E-state index is 13.8. The molecular weight excluding hydrogens is 293 g/mol. The molecule has 1 aromatic carbocycles. The molecule has 0 aliphatic heterocycles. The van der Waals surface area contributed by atoms with Crippen LogP contribution in [-0.4, -0.2) is 19.2 Å². The highest BCUT2D eigenvalue weighted by Gasteiger charge is 2.20. The topological polar surface area (TPSA) is 31.4 Å². The highest BCUT2D eigenvalue weighted by atomic mass is 19.1. The van der Waals surface area contributed by atoms with E-state index in [9.17, 15) is 4.39 Å². The van der Waals surface area contributed by atoms with Crippen LogP contribution < -0.4 is 9.47 Å². The van der Waals surface area contributed by atoms with Gasteiger partial charge in [-0.15, -0.1) is 0 Å². The molecule has 0 N–H and O–H groups in total. The summed E-state index contributed by atoms with van der Waals surface area (Å²) in [4.78, 5) is 3.74. The summed E-state index contributed by atoms with van der Waals surface area (Å²) in [6.07, 6.45) is 6.13. The van der Waals surface area contributed by atoms with Crippen LogP contribution in [0.5, 0.6) is 11.6 Å². The minimum absolute atomic E-state index is 0.297. The Bertz CT molecular complexity index is 681. The van der Waals surface area contributed by atoms with Crippen molar-refractivity contribution in [3.05, 3.63) is 41.8 Å². The second-order valence-electron chi connectivity index (χ2n) is 6.01. The highest BCUT2D eigenvalue weighted by Crippen LogP contribution is 2.40. The molecule has 1 heterocycles. The normalized spacial score (nSPS) is 15.4. The SMILES string of the molecule is COc1ccc(-c2cc(F)nc(OC)c2)c(C2CCCCC2)c1. The van der Waals surface area contributed by atoms with Gasteiger partial charge >= 0.3 is 0 Å². The Morgan fingerprint density at radius 3 is 2.48 bits per heavy atom. The van der Waals surface area contributed by atoms with E-state index in [1.54, 1.807) is 13.2 Å². The van der Waals surface area contributed by atoms with Gasteiger partial charge in [0.1, 0.15) is 5.75 Å². The molecule has 0 saturated heterocycles. The number of hydrogen-bond donors (Lipinski definition) is 0. The fourth-order valence-electron chi connectivity index (χ4n) is 3.41. The molecule has 3 nitrogen and oxygen atoms in total. The number of aromatic nitrogens is 1. The predicted molar refractivity (Wildman–Crippen MR) is 88.6 cm³/mol. The number of ether oxygens (including phenoxy) is 2. The lowest BCUT2D eigenvalue weighted by molar-refractivity contribution is 0.387. The third kappa shape index (κ3) is 3.46. The lowest BCUT2D eigenvalue weighted by atomic mass is 9.81. The summed E-state index contributed by atoms with van der Waals surface area (Å²) in [5.74, 6) is 1.11. The van der Waals surface area contributed by atoms with Gasteiger partial charge in [0.25, 0.3) is 0 Å². The number of halogens is 1. The molecule has 1 aromatic heterocycles. The number of methoxy groups -OCH3 is 2. The molecule has 3 rings (SSSR count). The van der Waals surface area contributed by atoms with E-state index in [1.807, 2.05) is 12.1 Å². The van der Waals surface area contributed by atoms with E-state index in [2.05, 4.69) is 11.1 Å². The van der Waals surface area contributed by atoms with Crippen LogP contribution in [0.3, 0.4) is 0 Å². The van der Waals surface area contributed by atoms with Gasteiger partial charge in [0.2, 0.25) is 11.8 Å². The largest absolute Gasteiger partial charge is 0.497 e. The highest BCUT2D eigenvalue weighted by molar-refractivity contribution is 5.70. The Balaban J connectivity index is 2.08. The first-order valence-corrected chi connectivity index (χ1v) is 8.11. The maximum absolute atomic E-state index is 13.8. The minimum Gasteiger partial charge on any atom is -0.497 e. The van der Waals surface area contributed by atoms with Crippen LogP contribution in [0.4, 0.5) is 4.39 Å². The maximum Gasteiger partial charge on any atom is 0.216 e. The van der Waals surface area contributed by atoms with Gasteiger partial charge < -0.3 is 9.47 Å². The second-order valence-corrected chi connectivity index (χ2v) is 6.01. The zero-order valence-electron chi connectivity index (χ0n) is 13.6. The van der Waals surface area contributed by atoms with Crippen molar-refractivity contribution in [2.24, 2.45) is 0 Å². The Kier molecular flexibility index (Phi) is 4.79. The van der Waals surface area contributed by atoms with E-state index in [-0.39, 0.29) is 0 Å². The Labute approximate surface area is 136 Å². The molecule has 23 heavy (non-hydrogen) atoms. The molecule has 0 spiro atoms. The van der Waals surface area contributed by atoms with Gasteiger partial charge in [-0.3, -0.25) is 0 Å². The number of benzene rings is 1. The summed E-state index contributed by atoms with van der Waals surface area (Å²) >= 11 is 0. The van der Waals surface area contributed by atoms with E-state index in [0.29, 0.717) is 11.8 Å². The predicted octanol–water partition coefficient (Wildman–Crippen LogP) is 4.95. The molecule has 1 aliphatic rings. The van der Waals surface area contributed by atoms with Crippen LogP contribution >= 0.6 is 0 Å². The van der Waals surface area contributed by atoms with Crippen molar-refractivity contribution in [3.8, 4) is 22.8 Å². The van der Waals surface area contributed by atoms with Crippen LogP contribution in [0.25, 0.3) is 11.1 Å². The lowest BCUT2D eigenvalue weighted by Gasteiger charge is -2.25. The third-order valence-corrected chi connectivity index (χ3v) is 4.59. The van der Waals surface area contributed by atoms with Crippen LogP contribution in [0, 0.1) is 5.95 Å². The Morgan fingerprint density at radius 2 is 1.78 bits per heavy atom. The molecule has 1 saturated carbocycles. The van der Waals surface area contributed by atoms with Crippen LogP contribution in [-0.2, 0) is 0 Å². The number of pyridine rings is 1. The van der Waals surface area contributed by atoms with Crippen LogP contribution in [0.15, 0.2) is 30.3 Å². The quantitative estimate of drug-likeness (QED) is 0.748. The average Bonchev–Trinajstić information content (AvgIpc) is 2.61. The van der Waals surface area contributed by atoms with Crippen molar-refractivity contribution in [1.82, 2.24) is 4.98 Å². The molecule has 0 atom stereocenters. The molecule has 2 aromatic rings. The lowest BCUT2D eigenvalue weighted by Crippen LogP contribution is -2.06. The summed E-state index contributed by atoms with van der Waals surface area (Å²) in [6, 6.07) is 9.29. The molecule has 0 amide bonds. The molecule has 0 radical (unpaired) electrons. The van der Waals surface area contributed by atoms with Crippen LogP contribution in [0.1, 0.15) is 43.6 Å². The first-order valence-electron chi connectivity index (χ1n) is 8.11. The van der Waals surface area contributed by atoms with Crippen molar-refractivity contribution in [3.63, 3.8) is 0 Å². The van der Waals surface area contributed by atoms with Crippen molar-refractivity contribution >= 4 is 0 Å². The zero-order valence-corrected chi connectivity index (χ0v) is 13.6. The molecule has 0 bridgehead atoms. The molecule has 1 aliphatic carbocycles. The number of hydrogen-bond acceptors (Lipinski definition) is 3. The van der Waals surface area contributed by atoms with E-state index in [1.165, 1.54) is 50.8 Å². The van der Waals surface area contributed by atoms with Gasteiger partial charge in [-0.2, -0.15) is 9.37 Å². The molecule has 4 heteroatoms. The summed E-state index contributed by atoms with van der Waals surface area (Å²) in [7, 11) is 3.18. The van der Waals surface area contributed by atoms with Crippen molar-refractivity contribution < 1.29 is 13.9 Å². The minimum atomic E-state index is -0.523. The fourth-order valence-corrected chi connectivity index (χ4v) is 3.41. The summed E-state index contributed by atoms with van der Waals surface area (Å²) < 4.78 is 24.3. The van der Waals surface area contributed by atoms with Gasteiger partial charge in [-0.25, -0.2) is 0 Å². The van der Waals surface area contributed by atoms with E-state index < -0.39 is 5.95 Å². The Morgan fingerprint density at radius 1 is 1.00 bits per heavy atom. The third-order valence-electron chi connectivity index (χ3n) is 4.59. The number of rotatable bonds is 4. The first kappa shape index (κ1) is 15.8. The molecule has 122 valence electrons. The van der Waals surface area contributed by atoms with Crippen molar-refractivity contribution in [2.75, 3.05) is 14.2 Å². The monoisotopic (exact) mass is 315 g/mol. The number of nitrogens with zero attached hydrogens (tertiary/aromatic N) is 1. The zero-order chi connectivity index (χ0) is 16.2. The van der Waals surface area contributed by atoms with Gasteiger partial charge in [0, 0.05) is 12.1 Å². The van der Waals surface area contributed by atoms with E-state index >= 15 is 0 Å². The van der Waals surface area contributed by atoms with Crippen molar-refractivity contribution in [2.45, 2.75) is 38.0 Å². The molecular formula is C19H22FNO2. The van der Waals surface area contributed by atoms with Gasteiger partial charge in [-0.1, -0.05) is 25.3 Å². The van der Waals surface area contributed by atoms with E-state index in [4.69, 9.17) is 9.47 Å². The van der Waals surface area contributed by atoms with Crippen molar-refractivity contribution in [1.29, 1.82) is 0 Å². The first-order chi connectivity index (χ1) is 11.2. The molecule has 1 fully saturated rings. The van der Waals surface area contributed by atoms with Gasteiger partial charge in [-0.05, 0) is 47.6 Å². The smallest absolute Gasteiger partial charge is 0.216 e. The standard InChI is InChI=1S/C19H22FNO2/c1-22-15-8-9-16(14-10-18(20)21-19(11-14)23-2)17(12-15)13-6-4-3-5-7-13/h8-13H,3-7H2,1-2H3. The van der Waals surface area contributed by atoms with Crippen LogP contribution in [0.2, 0.25) is 0 Å². The summed E-state index contributed by atoms with van der Waals surface area (Å²) in [5.41, 5.74) is 3.08. The van der Waals surface area contributed by atoms with Gasteiger partial charge in [0.05, 0.1) is 14.2 Å². The van der Waals surface area contributed by atoms with Gasteiger partial charge in [0.15, 0.2) is 0 Å². The molecule has 0 unspecified atom stereocenters. The fraction of sp³-hybridized carbons (Fsp3) is 0.421. The summed E-state index contributed by atoms with van der Waals surface area (Å²) in [5, 5.41) is 0. The second kappa shape index (κ2) is 6.99.